The highest BCUT2D eigenvalue weighted by Gasteiger charge is 2.33. The lowest BCUT2D eigenvalue weighted by molar-refractivity contribution is 0.0637. The van der Waals surface area contributed by atoms with Gasteiger partial charge < -0.3 is 19.5 Å². The van der Waals surface area contributed by atoms with Crippen LogP contribution in [-0.2, 0) is 13.0 Å². The third-order valence-electron chi connectivity index (χ3n) is 5.98. The topological polar surface area (TPSA) is 76.5 Å². The maximum Gasteiger partial charge on any atom is 0.290 e. The lowest BCUT2D eigenvalue weighted by atomic mass is 9.93. The zero-order valence-corrected chi connectivity index (χ0v) is 20.1. The molecule has 0 atom stereocenters. The van der Waals surface area contributed by atoms with Gasteiger partial charge in [-0.3, -0.25) is 9.59 Å². The Hall–Kier alpha value is -3.13. The monoisotopic (exact) mass is 452 g/mol. The smallest absolute Gasteiger partial charge is 0.290 e. The SMILES string of the molecule is CNC(=O)c1cc2c(cc1OC)CCn1c(C(=O)N(C)C(C)(C)C)nc(-c3cccs3)c1-2. The molecule has 0 saturated carbocycles. The Bertz CT molecular complexity index is 1190. The first-order chi connectivity index (χ1) is 15.2. The van der Waals surface area contributed by atoms with Gasteiger partial charge in [0, 0.05) is 31.7 Å². The Kier molecular flexibility index (Phi) is 5.58. The molecule has 1 aliphatic heterocycles. The number of fused-ring (bicyclic) bond motifs is 3. The van der Waals surface area contributed by atoms with Crippen LogP contribution in [0.5, 0.6) is 5.75 Å². The van der Waals surface area contributed by atoms with E-state index in [9.17, 15) is 9.59 Å². The average Bonchev–Trinajstić information content (AvgIpc) is 3.43. The number of hydrogen-bond donors (Lipinski definition) is 1. The first-order valence-electron chi connectivity index (χ1n) is 10.5. The fourth-order valence-corrected chi connectivity index (χ4v) is 4.62. The van der Waals surface area contributed by atoms with Crippen LogP contribution < -0.4 is 10.1 Å². The molecular formula is C24H28N4O3S. The number of amides is 2. The van der Waals surface area contributed by atoms with Gasteiger partial charge in [0.15, 0.2) is 5.82 Å². The van der Waals surface area contributed by atoms with Crippen LogP contribution in [-0.4, -0.2) is 53.0 Å². The lowest BCUT2D eigenvalue weighted by Crippen LogP contribution is -2.43. The van der Waals surface area contributed by atoms with Crippen LogP contribution in [0.25, 0.3) is 21.8 Å². The fraction of sp³-hybridized carbons (Fsp3) is 0.375. The highest BCUT2D eigenvalue weighted by molar-refractivity contribution is 7.13. The third kappa shape index (κ3) is 3.58. The van der Waals surface area contributed by atoms with Crippen LogP contribution in [0.3, 0.4) is 0 Å². The number of carbonyl (C=O) groups excluding carboxylic acids is 2. The summed E-state index contributed by atoms with van der Waals surface area (Å²) in [6.07, 6.45) is 0.715. The standard InChI is InChI=1S/C24H28N4O3S/c1-24(2,3)27(5)23(30)21-26-19(18-8-7-11-32-18)20-15-13-16(22(29)25-4)17(31-6)12-14(15)9-10-28(20)21/h7-8,11-13H,9-10H2,1-6H3,(H,25,29). The first-order valence-corrected chi connectivity index (χ1v) is 11.4. The van der Waals surface area contributed by atoms with Crippen LogP contribution in [0.15, 0.2) is 29.6 Å². The second-order valence-corrected chi connectivity index (χ2v) is 9.78. The summed E-state index contributed by atoms with van der Waals surface area (Å²) >= 11 is 1.58. The van der Waals surface area contributed by atoms with Gasteiger partial charge in [0.25, 0.3) is 11.8 Å². The molecule has 32 heavy (non-hydrogen) atoms. The molecule has 7 nitrogen and oxygen atoms in total. The normalized spacial score (nSPS) is 12.7. The van der Waals surface area contributed by atoms with Gasteiger partial charge in [-0.1, -0.05) is 6.07 Å². The minimum Gasteiger partial charge on any atom is -0.496 e. The number of rotatable bonds is 4. The van der Waals surface area contributed by atoms with Crippen molar-refractivity contribution in [2.75, 3.05) is 21.2 Å². The summed E-state index contributed by atoms with van der Waals surface area (Å²) in [6.45, 7) is 6.63. The minimum absolute atomic E-state index is 0.120. The van der Waals surface area contributed by atoms with Crippen LogP contribution in [0, 0.1) is 0 Å². The van der Waals surface area contributed by atoms with Crippen molar-refractivity contribution in [1.82, 2.24) is 19.8 Å². The highest BCUT2D eigenvalue weighted by atomic mass is 32.1. The summed E-state index contributed by atoms with van der Waals surface area (Å²) in [5, 5.41) is 4.68. The number of methoxy groups -OCH3 is 1. The van der Waals surface area contributed by atoms with Crippen molar-refractivity contribution >= 4 is 23.2 Å². The molecule has 0 fully saturated rings. The molecule has 0 aliphatic carbocycles. The number of ether oxygens (including phenoxy) is 1. The van der Waals surface area contributed by atoms with Crippen LogP contribution in [0.1, 0.15) is 47.3 Å². The fourth-order valence-electron chi connectivity index (χ4n) is 3.91. The molecule has 8 heteroatoms. The second kappa shape index (κ2) is 8.09. The van der Waals surface area contributed by atoms with Crippen molar-refractivity contribution in [3.63, 3.8) is 0 Å². The van der Waals surface area contributed by atoms with Crippen LogP contribution in [0.4, 0.5) is 0 Å². The van der Waals surface area contributed by atoms with Crippen molar-refractivity contribution < 1.29 is 14.3 Å². The number of hydrogen-bond acceptors (Lipinski definition) is 5. The molecule has 168 valence electrons. The van der Waals surface area contributed by atoms with E-state index >= 15 is 0 Å². The van der Waals surface area contributed by atoms with Crippen molar-refractivity contribution in [2.45, 2.75) is 39.3 Å². The molecule has 0 spiro atoms. The zero-order valence-electron chi connectivity index (χ0n) is 19.3. The molecule has 0 unspecified atom stereocenters. The number of thiophene rings is 1. The lowest BCUT2D eigenvalue weighted by Gasteiger charge is -2.32. The first kappa shape index (κ1) is 22.1. The Morgan fingerprint density at radius 1 is 1.28 bits per heavy atom. The Morgan fingerprint density at radius 3 is 2.62 bits per heavy atom. The molecule has 3 aromatic rings. The zero-order chi connectivity index (χ0) is 23.2. The Labute approximate surface area is 192 Å². The van der Waals surface area contributed by atoms with E-state index in [1.54, 1.807) is 37.4 Å². The number of benzene rings is 1. The van der Waals surface area contributed by atoms with Crippen molar-refractivity contribution in [3.05, 3.63) is 46.6 Å². The van der Waals surface area contributed by atoms with E-state index in [1.807, 2.05) is 55.0 Å². The Morgan fingerprint density at radius 2 is 2.03 bits per heavy atom. The molecule has 0 saturated heterocycles. The van der Waals surface area contributed by atoms with Gasteiger partial charge in [-0.05, 0) is 56.3 Å². The molecule has 0 bridgehead atoms. The molecule has 2 amide bonds. The summed E-state index contributed by atoms with van der Waals surface area (Å²) in [4.78, 5) is 33.5. The van der Waals surface area contributed by atoms with Gasteiger partial charge in [0.1, 0.15) is 11.4 Å². The van der Waals surface area contributed by atoms with Gasteiger partial charge in [0.05, 0.1) is 23.2 Å². The number of imidazole rings is 1. The number of aryl methyl sites for hydroxylation is 1. The molecular weight excluding hydrogens is 424 g/mol. The molecule has 1 aromatic carbocycles. The number of nitrogens with one attached hydrogen (secondary N) is 1. The molecule has 2 aromatic heterocycles. The van der Waals surface area contributed by atoms with Gasteiger partial charge in [-0.2, -0.15) is 0 Å². The maximum absolute atomic E-state index is 13.4. The van der Waals surface area contributed by atoms with E-state index in [1.165, 1.54) is 0 Å². The predicted molar refractivity (Wildman–Crippen MR) is 126 cm³/mol. The van der Waals surface area contributed by atoms with Crippen LogP contribution in [0.2, 0.25) is 0 Å². The van der Waals surface area contributed by atoms with Crippen molar-refractivity contribution in [2.24, 2.45) is 0 Å². The summed E-state index contributed by atoms with van der Waals surface area (Å²) in [6, 6.07) is 7.77. The van der Waals surface area contributed by atoms with E-state index in [0.29, 0.717) is 30.1 Å². The van der Waals surface area contributed by atoms with E-state index in [-0.39, 0.29) is 17.4 Å². The van der Waals surface area contributed by atoms with E-state index in [0.717, 1.165) is 27.4 Å². The molecule has 1 N–H and O–H groups in total. The summed E-state index contributed by atoms with van der Waals surface area (Å²) in [7, 11) is 4.97. The largest absolute Gasteiger partial charge is 0.496 e. The molecule has 3 heterocycles. The second-order valence-electron chi connectivity index (χ2n) is 8.84. The van der Waals surface area contributed by atoms with E-state index in [4.69, 9.17) is 9.72 Å². The maximum atomic E-state index is 13.4. The van der Waals surface area contributed by atoms with Gasteiger partial charge >= 0.3 is 0 Å². The third-order valence-corrected chi connectivity index (χ3v) is 6.86. The quantitative estimate of drug-likeness (QED) is 0.647. The van der Waals surface area contributed by atoms with Gasteiger partial charge in [-0.25, -0.2) is 4.98 Å². The van der Waals surface area contributed by atoms with Crippen LogP contribution >= 0.6 is 11.3 Å². The van der Waals surface area contributed by atoms with Gasteiger partial charge in [0.2, 0.25) is 0 Å². The van der Waals surface area contributed by atoms with E-state index < -0.39 is 0 Å². The summed E-state index contributed by atoms with van der Waals surface area (Å²) in [5.41, 5.74) is 3.73. The molecule has 0 radical (unpaired) electrons. The minimum atomic E-state index is -0.334. The van der Waals surface area contributed by atoms with Crippen molar-refractivity contribution in [3.8, 4) is 27.6 Å². The van der Waals surface area contributed by atoms with E-state index in [2.05, 4.69) is 5.32 Å². The Balaban J connectivity index is 1.97. The summed E-state index contributed by atoms with van der Waals surface area (Å²) in [5.74, 6) is 0.620. The molecule has 1 aliphatic rings. The number of nitrogens with zero attached hydrogens (tertiary/aromatic N) is 3. The van der Waals surface area contributed by atoms with Crippen molar-refractivity contribution in [1.29, 1.82) is 0 Å². The number of carbonyl (C=O) groups is 2. The number of aromatic nitrogens is 2. The molecule has 4 rings (SSSR count). The highest BCUT2D eigenvalue weighted by Crippen LogP contribution is 2.42. The predicted octanol–water partition coefficient (Wildman–Crippen LogP) is 4.07. The summed E-state index contributed by atoms with van der Waals surface area (Å²) < 4.78 is 7.50. The van der Waals surface area contributed by atoms with Gasteiger partial charge in [-0.15, -0.1) is 11.3 Å². The average molecular weight is 453 g/mol.